The SMILES string of the molecule is CCCC(=O)c1cc(C(=O)Nc2ccc3c(c2)C2CCCN2CC3)ccc1OC(C)C. The topological polar surface area (TPSA) is 58.6 Å². The largest absolute Gasteiger partial charge is 0.490 e. The highest BCUT2D eigenvalue weighted by atomic mass is 16.5. The maximum absolute atomic E-state index is 13.0. The van der Waals surface area contributed by atoms with E-state index in [4.69, 9.17) is 4.74 Å². The summed E-state index contributed by atoms with van der Waals surface area (Å²) in [6, 6.07) is 11.9. The van der Waals surface area contributed by atoms with Gasteiger partial charge in [-0.25, -0.2) is 0 Å². The molecule has 5 heteroatoms. The Labute approximate surface area is 184 Å². The van der Waals surface area contributed by atoms with Crippen LogP contribution in [0.2, 0.25) is 0 Å². The van der Waals surface area contributed by atoms with Crippen molar-refractivity contribution in [3.8, 4) is 5.75 Å². The van der Waals surface area contributed by atoms with Gasteiger partial charge in [0.1, 0.15) is 5.75 Å². The van der Waals surface area contributed by atoms with E-state index in [1.165, 1.54) is 30.5 Å². The van der Waals surface area contributed by atoms with Gasteiger partial charge in [0, 0.05) is 30.3 Å². The van der Waals surface area contributed by atoms with Crippen molar-refractivity contribution in [2.45, 2.75) is 65.0 Å². The molecule has 0 radical (unpaired) electrons. The number of Topliss-reactive ketones (excluding diaryl/α,β-unsaturated/α-hetero) is 1. The van der Waals surface area contributed by atoms with Crippen LogP contribution in [0.1, 0.15) is 84.3 Å². The van der Waals surface area contributed by atoms with E-state index < -0.39 is 0 Å². The van der Waals surface area contributed by atoms with E-state index in [0.717, 1.165) is 25.1 Å². The second-order valence-corrected chi connectivity index (χ2v) is 8.86. The minimum absolute atomic E-state index is 0.00269. The molecule has 1 N–H and O–H groups in total. The van der Waals surface area contributed by atoms with Crippen molar-refractivity contribution in [3.05, 3.63) is 58.7 Å². The van der Waals surface area contributed by atoms with Crippen LogP contribution in [0.4, 0.5) is 5.69 Å². The average molecular weight is 421 g/mol. The van der Waals surface area contributed by atoms with Crippen molar-refractivity contribution in [2.24, 2.45) is 0 Å². The molecule has 2 aromatic carbocycles. The number of fused-ring (bicyclic) bond motifs is 3. The first-order valence-electron chi connectivity index (χ1n) is 11.5. The van der Waals surface area contributed by atoms with E-state index in [2.05, 4.69) is 22.3 Å². The Morgan fingerprint density at radius 3 is 2.77 bits per heavy atom. The lowest BCUT2D eigenvalue weighted by molar-refractivity contribution is 0.0976. The predicted octanol–water partition coefficient (Wildman–Crippen LogP) is 5.40. The minimum atomic E-state index is -0.208. The molecule has 0 aromatic heterocycles. The van der Waals surface area contributed by atoms with Gasteiger partial charge in [0.15, 0.2) is 5.78 Å². The van der Waals surface area contributed by atoms with Crippen LogP contribution in [0.25, 0.3) is 0 Å². The maximum Gasteiger partial charge on any atom is 0.255 e. The van der Waals surface area contributed by atoms with Crippen molar-refractivity contribution < 1.29 is 14.3 Å². The van der Waals surface area contributed by atoms with Gasteiger partial charge in [-0.2, -0.15) is 0 Å². The number of benzene rings is 2. The van der Waals surface area contributed by atoms with Crippen LogP contribution < -0.4 is 10.1 Å². The van der Waals surface area contributed by atoms with Gasteiger partial charge >= 0.3 is 0 Å². The fourth-order valence-electron chi connectivity index (χ4n) is 4.73. The second-order valence-electron chi connectivity index (χ2n) is 8.86. The molecule has 164 valence electrons. The number of nitrogens with one attached hydrogen (secondary N) is 1. The summed E-state index contributed by atoms with van der Waals surface area (Å²) in [5.41, 5.74) is 4.50. The summed E-state index contributed by atoms with van der Waals surface area (Å²) in [4.78, 5) is 28.2. The molecule has 2 aliphatic rings. The van der Waals surface area contributed by atoms with Crippen molar-refractivity contribution in [1.29, 1.82) is 0 Å². The van der Waals surface area contributed by atoms with Gasteiger partial charge in [-0.1, -0.05) is 13.0 Å². The number of hydrogen-bond acceptors (Lipinski definition) is 4. The van der Waals surface area contributed by atoms with E-state index in [1.54, 1.807) is 18.2 Å². The Morgan fingerprint density at radius 2 is 2.00 bits per heavy atom. The Bertz CT molecular complexity index is 983. The third-order valence-electron chi connectivity index (χ3n) is 6.18. The van der Waals surface area contributed by atoms with Gasteiger partial charge in [0.2, 0.25) is 0 Å². The zero-order valence-corrected chi connectivity index (χ0v) is 18.7. The Hall–Kier alpha value is -2.66. The number of ether oxygens (including phenoxy) is 1. The van der Waals surface area contributed by atoms with Crippen molar-refractivity contribution in [2.75, 3.05) is 18.4 Å². The standard InChI is InChI=1S/C26H32N2O3/c1-4-6-24(29)22-15-19(9-11-25(22)31-17(2)3)26(30)27-20-10-8-18-12-14-28-13-5-7-23(28)21(18)16-20/h8-11,15-17,23H,4-7,12-14H2,1-3H3,(H,27,30). The molecule has 1 fully saturated rings. The number of ketones is 1. The molecule has 2 heterocycles. The van der Waals surface area contributed by atoms with E-state index >= 15 is 0 Å². The molecular formula is C26H32N2O3. The highest BCUT2D eigenvalue weighted by Crippen LogP contribution is 2.38. The first-order chi connectivity index (χ1) is 15.0. The van der Waals surface area contributed by atoms with Crippen LogP contribution in [0, 0.1) is 0 Å². The molecule has 2 aromatic rings. The average Bonchev–Trinajstić information content (AvgIpc) is 3.23. The molecular weight excluding hydrogens is 388 g/mol. The number of anilines is 1. The molecule has 0 aliphatic carbocycles. The molecule has 4 rings (SSSR count). The molecule has 0 saturated carbocycles. The van der Waals surface area contributed by atoms with Crippen LogP contribution >= 0.6 is 0 Å². The Balaban J connectivity index is 1.56. The van der Waals surface area contributed by atoms with E-state index in [-0.39, 0.29) is 17.8 Å². The number of hydrogen-bond donors (Lipinski definition) is 1. The highest BCUT2D eigenvalue weighted by Gasteiger charge is 2.31. The van der Waals surface area contributed by atoms with E-state index in [0.29, 0.717) is 29.3 Å². The fraction of sp³-hybridized carbons (Fsp3) is 0.462. The van der Waals surface area contributed by atoms with Crippen LogP contribution in [-0.4, -0.2) is 35.8 Å². The maximum atomic E-state index is 13.0. The first kappa shape index (κ1) is 21.6. The van der Waals surface area contributed by atoms with Crippen molar-refractivity contribution >= 4 is 17.4 Å². The van der Waals surface area contributed by atoms with Crippen LogP contribution in [0.3, 0.4) is 0 Å². The lowest BCUT2D eigenvalue weighted by atomic mass is 9.92. The number of amides is 1. The summed E-state index contributed by atoms with van der Waals surface area (Å²) in [5.74, 6) is 0.337. The van der Waals surface area contributed by atoms with Gasteiger partial charge in [-0.05, 0) is 87.5 Å². The van der Waals surface area contributed by atoms with Crippen LogP contribution in [0.15, 0.2) is 36.4 Å². The third-order valence-corrected chi connectivity index (χ3v) is 6.18. The first-order valence-corrected chi connectivity index (χ1v) is 11.5. The summed E-state index contributed by atoms with van der Waals surface area (Å²) < 4.78 is 5.81. The number of nitrogens with zero attached hydrogens (tertiary/aromatic N) is 1. The Kier molecular flexibility index (Phi) is 6.42. The van der Waals surface area contributed by atoms with Gasteiger partial charge in [-0.3, -0.25) is 14.5 Å². The van der Waals surface area contributed by atoms with Crippen LogP contribution in [-0.2, 0) is 6.42 Å². The van der Waals surface area contributed by atoms with Crippen LogP contribution in [0.5, 0.6) is 5.75 Å². The molecule has 5 nitrogen and oxygen atoms in total. The van der Waals surface area contributed by atoms with Gasteiger partial charge in [-0.15, -0.1) is 0 Å². The van der Waals surface area contributed by atoms with Gasteiger partial charge in [0.25, 0.3) is 5.91 Å². The third kappa shape index (κ3) is 4.67. The molecule has 1 saturated heterocycles. The fourth-order valence-corrected chi connectivity index (χ4v) is 4.73. The minimum Gasteiger partial charge on any atom is -0.490 e. The summed E-state index contributed by atoms with van der Waals surface area (Å²) in [6.45, 7) is 8.12. The molecule has 31 heavy (non-hydrogen) atoms. The van der Waals surface area contributed by atoms with Gasteiger partial charge in [0.05, 0.1) is 11.7 Å². The van der Waals surface area contributed by atoms with E-state index in [9.17, 15) is 9.59 Å². The summed E-state index contributed by atoms with van der Waals surface area (Å²) in [7, 11) is 0. The van der Waals surface area contributed by atoms with Crippen molar-refractivity contribution in [3.63, 3.8) is 0 Å². The second kappa shape index (κ2) is 9.23. The summed E-state index contributed by atoms with van der Waals surface area (Å²) >= 11 is 0. The Morgan fingerprint density at radius 1 is 1.16 bits per heavy atom. The molecule has 0 spiro atoms. The normalized spacial score (nSPS) is 17.9. The van der Waals surface area contributed by atoms with E-state index in [1.807, 2.05) is 26.8 Å². The number of rotatable bonds is 7. The van der Waals surface area contributed by atoms with Gasteiger partial charge < -0.3 is 10.1 Å². The smallest absolute Gasteiger partial charge is 0.255 e. The zero-order valence-electron chi connectivity index (χ0n) is 18.7. The predicted molar refractivity (Wildman–Crippen MR) is 123 cm³/mol. The molecule has 1 unspecified atom stereocenters. The lowest BCUT2D eigenvalue weighted by Gasteiger charge is -2.32. The molecule has 1 amide bonds. The summed E-state index contributed by atoms with van der Waals surface area (Å²) in [5, 5.41) is 3.04. The number of carbonyl (C=O) groups excluding carboxylic acids is 2. The zero-order chi connectivity index (χ0) is 22.0. The lowest BCUT2D eigenvalue weighted by Crippen LogP contribution is -2.31. The highest BCUT2D eigenvalue weighted by molar-refractivity contribution is 6.07. The molecule has 0 bridgehead atoms. The van der Waals surface area contributed by atoms with Crippen molar-refractivity contribution in [1.82, 2.24) is 4.90 Å². The molecule has 1 atom stereocenters. The quantitative estimate of drug-likeness (QED) is 0.609. The number of carbonyl (C=O) groups is 2. The summed E-state index contributed by atoms with van der Waals surface area (Å²) in [6.07, 6.45) is 4.63. The molecule has 2 aliphatic heterocycles. The monoisotopic (exact) mass is 420 g/mol.